The molecule has 0 N–H and O–H groups in total. The molecule has 0 saturated carbocycles. The number of esters is 1. The van der Waals surface area contributed by atoms with Crippen molar-refractivity contribution in [1.82, 2.24) is 14.8 Å². The topological polar surface area (TPSA) is 60.2 Å². The van der Waals surface area contributed by atoms with Gasteiger partial charge in [-0.25, -0.2) is 9.78 Å². The molecule has 1 aliphatic heterocycles. The van der Waals surface area contributed by atoms with Crippen LogP contribution in [0.3, 0.4) is 0 Å². The van der Waals surface area contributed by atoms with Gasteiger partial charge in [-0.15, -0.1) is 0 Å². The Labute approximate surface area is 152 Å². The summed E-state index contributed by atoms with van der Waals surface area (Å²) in [5, 5.41) is 4.36. The maximum atomic E-state index is 12.8. The molecule has 0 amide bonds. The molecule has 1 fully saturated rings. The Morgan fingerprint density at radius 2 is 2.23 bits per heavy atom. The number of halogens is 3. The predicted molar refractivity (Wildman–Crippen MR) is 90.5 cm³/mol. The number of piperidine rings is 1. The maximum Gasteiger partial charge on any atom is 0.435 e. The molecule has 2 aromatic rings. The Morgan fingerprint density at radius 1 is 1.46 bits per heavy atom. The van der Waals surface area contributed by atoms with Crippen molar-refractivity contribution < 1.29 is 22.7 Å². The summed E-state index contributed by atoms with van der Waals surface area (Å²) in [6.07, 6.45) is -1.53. The van der Waals surface area contributed by atoms with E-state index in [1.54, 1.807) is 13.8 Å². The molecule has 3 heterocycles. The van der Waals surface area contributed by atoms with Crippen molar-refractivity contribution >= 4 is 22.4 Å². The van der Waals surface area contributed by atoms with Gasteiger partial charge in [0.25, 0.3) is 0 Å². The van der Waals surface area contributed by atoms with E-state index in [1.165, 1.54) is 22.2 Å². The van der Waals surface area contributed by atoms with Crippen molar-refractivity contribution in [3.63, 3.8) is 0 Å². The Hall–Kier alpha value is -2.10. The van der Waals surface area contributed by atoms with Crippen LogP contribution in [0, 0.1) is 6.92 Å². The quantitative estimate of drug-likeness (QED) is 0.748. The molecule has 1 saturated heterocycles. The minimum absolute atomic E-state index is 0.171. The highest BCUT2D eigenvalue weighted by atomic mass is 32.1. The lowest BCUT2D eigenvalue weighted by Crippen LogP contribution is -2.36. The minimum Gasteiger partial charge on any atom is -0.462 e. The summed E-state index contributed by atoms with van der Waals surface area (Å²) in [6, 6.07) is 0.820. The lowest BCUT2D eigenvalue weighted by molar-refractivity contribution is -0.141. The number of carbonyl (C=O) groups is 1. The molecule has 1 unspecified atom stereocenters. The highest BCUT2D eigenvalue weighted by Gasteiger charge is 2.35. The number of carbonyl (C=O) groups excluding carboxylic acids is 1. The van der Waals surface area contributed by atoms with Gasteiger partial charge in [0, 0.05) is 19.3 Å². The number of hydrogen-bond acceptors (Lipinski definition) is 6. The fraction of sp³-hybridized carbons (Fsp3) is 0.562. The maximum absolute atomic E-state index is 12.8. The molecule has 6 nitrogen and oxygen atoms in total. The first-order chi connectivity index (χ1) is 12.3. The number of anilines is 1. The Kier molecular flexibility index (Phi) is 5.22. The van der Waals surface area contributed by atoms with E-state index in [2.05, 4.69) is 10.1 Å². The molecule has 3 rings (SSSR count). The van der Waals surface area contributed by atoms with Gasteiger partial charge in [0.05, 0.1) is 18.3 Å². The molecule has 0 bridgehead atoms. The largest absolute Gasteiger partial charge is 0.462 e. The van der Waals surface area contributed by atoms with E-state index in [4.69, 9.17) is 4.74 Å². The van der Waals surface area contributed by atoms with Gasteiger partial charge in [-0.1, -0.05) is 11.3 Å². The molecule has 0 aliphatic carbocycles. The van der Waals surface area contributed by atoms with E-state index in [0.717, 1.165) is 25.5 Å². The molecule has 1 atom stereocenters. The summed E-state index contributed by atoms with van der Waals surface area (Å²) in [5.74, 6) is -0.399. The van der Waals surface area contributed by atoms with Crippen LogP contribution in [-0.2, 0) is 10.9 Å². The number of rotatable bonds is 4. The summed E-state index contributed by atoms with van der Waals surface area (Å²) in [4.78, 5) is 18.8. The number of hydrogen-bond donors (Lipinski definition) is 0. The third kappa shape index (κ3) is 3.84. The van der Waals surface area contributed by atoms with Crippen molar-refractivity contribution in [2.75, 3.05) is 24.6 Å². The van der Waals surface area contributed by atoms with E-state index in [9.17, 15) is 18.0 Å². The van der Waals surface area contributed by atoms with E-state index >= 15 is 0 Å². The third-order valence-corrected chi connectivity index (χ3v) is 5.38. The van der Waals surface area contributed by atoms with Crippen LogP contribution in [0.4, 0.5) is 18.3 Å². The summed E-state index contributed by atoms with van der Waals surface area (Å²) in [5.41, 5.74) is -0.284. The van der Waals surface area contributed by atoms with Crippen molar-refractivity contribution in [2.24, 2.45) is 0 Å². The van der Waals surface area contributed by atoms with E-state index in [-0.39, 0.29) is 12.6 Å². The molecular formula is C16H19F3N4O2S. The zero-order valence-corrected chi connectivity index (χ0v) is 15.2. The van der Waals surface area contributed by atoms with Crippen LogP contribution < -0.4 is 4.90 Å². The smallest absolute Gasteiger partial charge is 0.435 e. The molecule has 1 aliphatic rings. The van der Waals surface area contributed by atoms with Gasteiger partial charge >= 0.3 is 12.1 Å². The molecule has 2 aromatic heterocycles. The molecule has 10 heteroatoms. The van der Waals surface area contributed by atoms with Crippen LogP contribution in [0.15, 0.2) is 12.3 Å². The Bertz CT molecular complexity index is 787. The van der Waals surface area contributed by atoms with E-state index < -0.39 is 17.8 Å². The normalized spacial score (nSPS) is 18.2. The second kappa shape index (κ2) is 7.26. The lowest BCUT2D eigenvalue weighted by atomic mass is 10.1. The lowest BCUT2D eigenvalue weighted by Gasteiger charge is -2.32. The van der Waals surface area contributed by atoms with Crippen LogP contribution >= 0.6 is 11.3 Å². The van der Waals surface area contributed by atoms with Gasteiger partial charge in [0.15, 0.2) is 10.8 Å². The van der Waals surface area contributed by atoms with Crippen LogP contribution in [-0.4, -0.2) is 40.4 Å². The van der Waals surface area contributed by atoms with Crippen LogP contribution in [0.25, 0.3) is 0 Å². The molecule has 0 aromatic carbocycles. The molecular weight excluding hydrogens is 369 g/mol. The van der Waals surface area contributed by atoms with Gasteiger partial charge in [-0.05, 0) is 32.8 Å². The zero-order chi connectivity index (χ0) is 18.9. The second-order valence-electron chi connectivity index (χ2n) is 6.05. The number of thiazole rings is 1. The summed E-state index contributed by atoms with van der Waals surface area (Å²) < 4.78 is 44.7. The first kappa shape index (κ1) is 18.7. The number of aryl methyl sites for hydroxylation is 1. The number of alkyl halides is 3. The van der Waals surface area contributed by atoms with Crippen molar-refractivity contribution in [1.29, 1.82) is 0 Å². The number of aromatic nitrogens is 3. The van der Waals surface area contributed by atoms with Gasteiger partial charge < -0.3 is 9.64 Å². The van der Waals surface area contributed by atoms with Gasteiger partial charge in [-0.3, -0.25) is 4.68 Å². The molecule has 142 valence electrons. The first-order valence-corrected chi connectivity index (χ1v) is 9.13. The van der Waals surface area contributed by atoms with E-state index in [1.807, 2.05) is 4.90 Å². The van der Waals surface area contributed by atoms with Crippen molar-refractivity contribution in [3.8, 4) is 0 Å². The molecule has 26 heavy (non-hydrogen) atoms. The molecule has 0 spiro atoms. The Morgan fingerprint density at radius 3 is 2.88 bits per heavy atom. The zero-order valence-electron chi connectivity index (χ0n) is 14.4. The van der Waals surface area contributed by atoms with Gasteiger partial charge in [0.2, 0.25) is 0 Å². The minimum atomic E-state index is -4.44. The van der Waals surface area contributed by atoms with Gasteiger partial charge in [-0.2, -0.15) is 18.3 Å². The average Bonchev–Trinajstić information content (AvgIpc) is 3.22. The summed E-state index contributed by atoms with van der Waals surface area (Å²) >= 11 is 1.25. The van der Waals surface area contributed by atoms with Gasteiger partial charge in [0.1, 0.15) is 4.88 Å². The number of nitrogens with zero attached hydrogens (tertiary/aromatic N) is 4. The van der Waals surface area contributed by atoms with Crippen LogP contribution in [0.1, 0.15) is 46.9 Å². The van der Waals surface area contributed by atoms with E-state index in [0.29, 0.717) is 22.2 Å². The highest BCUT2D eigenvalue weighted by molar-refractivity contribution is 7.17. The monoisotopic (exact) mass is 388 g/mol. The van der Waals surface area contributed by atoms with Crippen LogP contribution in [0.2, 0.25) is 0 Å². The first-order valence-electron chi connectivity index (χ1n) is 8.31. The Balaban J connectivity index is 1.76. The fourth-order valence-electron chi connectivity index (χ4n) is 2.94. The predicted octanol–water partition coefficient (Wildman–Crippen LogP) is 3.69. The SMILES string of the molecule is CCOC(=O)c1sc(N2CCCC(n3ccc(C(F)(F)F)n3)C2)nc1C. The standard InChI is InChI=1S/C16H19F3N4O2S/c1-3-25-14(24)13-10(2)20-15(26-13)22-7-4-5-11(9-22)23-8-6-12(21-23)16(17,18)19/h6,8,11H,3-5,7,9H2,1-2H3. The second-order valence-corrected chi connectivity index (χ2v) is 7.03. The average molecular weight is 388 g/mol. The highest BCUT2D eigenvalue weighted by Crippen LogP contribution is 2.33. The fourth-order valence-corrected chi connectivity index (χ4v) is 3.94. The summed E-state index contributed by atoms with van der Waals surface area (Å²) in [6.45, 7) is 5.01. The van der Waals surface area contributed by atoms with Crippen molar-refractivity contribution in [3.05, 3.63) is 28.5 Å². The third-order valence-electron chi connectivity index (χ3n) is 4.19. The molecule has 0 radical (unpaired) electrons. The number of ether oxygens (including phenoxy) is 1. The summed E-state index contributed by atoms with van der Waals surface area (Å²) in [7, 11) is 0. The van der Waals surface area contributed by atoms with Crippen molar-refractivity contribution in [2.45, 2.75) is 38.9 Å². The van der Waals surface area contributed by atoms with Crippen LogP contribution in [0.5, 0.6) is 0 Å².